The molecule has 3 rings (SSSR count). The molecule has 1 amide bonds. The molecule has 0 unspecified atom stereocenters. The van der Waals surface area contributed by atoms with Crippen molar-refractivity contribution in [2.24, 2.45) is 0 Å². The van der Waals surface area contributed by atoms with Gasteiger partial charge in [0.15, 0.2) is 12.4 Å². The summed E-state index contributed by atoms with van der Waals surface area (Å²) in [7, 11) is 1.20. The number of esters is 2. The van der Waals surface area contributed by atoms with Crippen LogP contribution in [0.2, 0.25) is 0 Å². The zero-order valence-corrected chi connectivity index (χ0v) is 17.3. The number of rotatable bonds is 6. The van der Waals surface area contributed by atoms with E-state index in [0.29, 0.717) is 6.20 Å². The van der Waals surface area contributed by atoms with Crippen molar-refractivity contribution in [1.29, 1.82) is 0 Å². The van der Waals surface area contributed by atoms with Gasteiger partial charge in [0.1, 0.15) is 5.56 Å². The third-order valence-electron chi connectivity index (χ3n) is 4.46. The molecule has 1 aromatic carbocycles. The predicted octanol–water partition coefficient (Wildman–Crippen LogP) is 3.18. The topological polar surface area (TPSA) is 112 Å². The van der Waals surface area contributed by atoms with E-state index >= 15 is 0 Å². The number of nitrogens with one attached hydrogen (secondary N) is 1. The number of carbonyl (C=O) groups is 3. The average Bonchev–Trinajstić information content (AvgIpc) is 3.18. The molecule has 0 fully saturated rings. The second-order valence-electron chi connectivity index (χ2n) is 6.62. The summed E-state index contributed by atoms with van der Waals surface area (Å²) in [6.07, 6.45) is -2.72. The molecule has 0 spiro atoms. The number of alkyl halides is 3. The minimum atomic E-state index is -4.53. The van der Waals surface area contributed by atoms with Gasteiger partial charge in [-0.2, -0.15) is 18.3 Å². The van der Waals surface area contributed by atoms with Crippen LogP contribution in [-0.2, 0) is 20.4 Å². The first-order valence-corrected chi connectivity index (χ1v) is 9.34. The van der Waals surface area contributed by atoms with E-state index in [4.69, 9.17) is 4.74 Å². The Balaban J connectivity index is 1.66. The lowest BCUT2D eigenvalue weighted by molar-refractivity contribution is -0.137. The van der Waals surface area contributed by atoms with Crippen molar-refractivity contribution >= 4 is 23.5 Å². The molecule has 2 heterocycles. The van der Waals surface area contributed by atoms with Crippen molar-refractivity contribution in [3.05, 3.63) is 71.2 Å². The maximum atomic E-state index is 12.7. The van der Waals surface area contributed by atoms with E-state index in [0.717, 1.165) is 18.3 Å². The highest BCUT2D eigenvalue weighted by molar-refractivity contribution is 6.02. The summed E-state index contributed by atoms with van der Waals surface area (Å²) in [6.45, 7) is 0.840. The zero-order chi connectivity index (χ0) is 24.2. The van der Waals surface area contributed by atoms with Crippen molar-refractivity contribution in [2.45, 2.75) is 13.1 Å². The van der Waals surface area contributed by atoms with Crippen LogP contribution in [0.3, 0.4) is 0 Å². The fraction of sp³-hybridized carbons (Fsp3) is 0.190. The number of benzene rings is 1. The summed E-state index contributed by atoms with van der Waals surface area (Å²) in [5, 5.41) is 6.41. The quantitative estimate of drug-likeness (QED) is 0.560. The minimum absolute atomic E-state index is 0.000501. The van der Waals surface area contributed by atoms with Crippen LogP contribution in [0.4, 0.5) is 18.9 Å². The number of hydrogen-bond acceptors (Lipinski definition) is 7. The standard InChI is InChI=1S/C21H17F3N4O5/c1-12-15(10-26-28(12)17-8-7-13(9-25-17)21(22,23)24)20(31)33-11-18(29)27-16-6-4-3-5-14(16)19(30)32-2/h3-10H,11H2,1-2H3,(H,27,29). The monoisotopic (exact) mass is 462 g/mol. The summed E-state index contributed by atoms with van der Waals surface area (Å²) in [4.78, 5) is 40.0. The minimum Gasteiger partial charge on any atom is -0.465 e. The van der Waals surface area contributed by atoms with E-state index in [-0.39, 0.29) is 28.3 Å². The van der Waals surface area contributed by atoms with Gasteiger partial charge < -0.3 is 14.8 Å². The molecule has 1 N–H and O–H groups in total. The van der Waals surface area contributed by atoms with E-state index < -0.39 is 36.2 Å². The van der Waals surface area contributed by atoms with Crippen LogP contribution in [0.5, 0.6) is 0 Å². The van der Waals surface area contributed by atoms with Gasteiger partial charge in [0.25, 0.3) is 5.91 Å². The molecule has 172 valence electrons. The number of ether oxygens (including phenoxy) is 2. The smallest absolute Gasteiger partial charge is 0.417 e. The van der Waals surface area contributed by atoms with Crippen molar-refractivity contribution in [3.8, 4) is 5.82 Å². The second kappa shape index (κ2) is 9.51. The van der Waals surface area contributed by atoms with Crippen LogP contribution in [0.25, 0.3) is 5.82 Å². The van der Waals surface area contributed by atoms with Gasteiger partial charge in [-0.05, 0) is 31.2 Å². The first-order valence-electron chi connectivity index (χ1n) is 9.34. The van der Waals surface area contributed by atoms with E-state index in [1.165, 1.54) is 30.8 Å². The van der Waals surface area contributed by atoms with Crippen molar-refractivity contribution in [3.63, 3.8) is 0 Å². The number of nitrogens with zero attached hydrogens (tertiary/aromatic N) is 3. The van der Waals surface area contributed by atoms with E-state index in [1.807, 2.05) is 0 Å². The van der Waals surface area contributed by atoms with Gasteiger partial charge in [-0.1, -0.05) is 12.1 Å². The average molecular weight is 462 g/mol. The molecule has 0 atom stereocenters. The number of halogens is 3. The first-order chi connectivity index (χ1) is 15.6. The van der Waals surface area contributed by atoms with Gasteiger partial charge in [0, 0.05) is 6.20 Å². The van der Waals surface area contributed by atoms with Gasteiger partial charge in [0.05, 0.1) is 35.8 Å². The molecule has 0 aliphatic heterocycles. The van der Waals surface area contributed by atoms with E-state index in [1.54, 1.807) is 12.1 Å². The Hall–Kier alpha value is -4.22. The van der Waals surface area contributed by atoms with Crippen molar-refractivity contribution in [2.75, 3.05) is 19.0 Å². The lowest BCUT2D eigenvalue weighted by atomic mass is 10.2. The van der Waals surface area contributed by atoms with Gasteiger partial charge in [-0.25, -0.2) is 19.3 Å². The van der Waals surface area contributed by atoms with Crippen molar-refractivity contribution in [1.82, 2.24) is 14.8 Å². The molecule has 0 saturated heterocycles. The fourth-order valence-electron chi connectivity index (χ4n) is 2.80. The molecule has 0 saturated carbocycles. The molecular weight excluding hydrogens is 445 g/mol. The van der Waals surface area contributed by atoms with Crippen LogP contribution < -0.4 is 5.32 Å². The molecule has 0 radical (unpaired) electrons. The van der Waals surface area contributed by atoms with Gasteiger partial charge in [-0.15, -0.1) is 0 Å². The number of carbonyl (C=O) groups excluding carboxylic acids is 3. The number of pyridine rings is 1. The number of anilines is 1. The van der Waals surface area contributed by atoms with Gasteiger partial charge in [0.2, 0.25) is 0 Å². The van der Waals surface area contributed by atoms with Crippen molar-refractivity contribution < 1.29 is 37.0 Å². The summed E-state index contributed by atoms with van der Waals surface area (Å²) < 4.78 is 48.9. The Labute approximate surface area is 185 Å². The van der Waals surface area contributed by atoms with Gasteiger partial charge >= 0.3 is 18.1 Å². The van der Waals surface area contributed by atoms with Crippen LogP contribution in [0.15, 0.2) is 48.8 Å². The summed E-state index contributed by atoms with van der Waals surface area (Å²) in [5.74, 6) is -2.16. The Bertz CT molecular complexity index is 1190. The predicted molar refractivity (Wildman–Crippen MR) is 108 cm³/mol. The molecule has 33 heavy (non-hydrogen) atoms. The van der Waals surface area contributed by atoms with Crippen LogP contribution in [0.1, 0.15) is 32.0 Å². The Kier molecular flexibility index (Phi) is 6.75. The largest absolute Gasteiger partial charge is 0.465 e. The summed E-state index contributed by atoms with van der Waals surface area (Å²) >= 11 is 0. The molecule has 9 nitrogen and oxygen atoms in total. The van der Waals surface area contributed by atoms with E-state index in [9.17, 15) is 27.6 Å². The maximum Gasteiger partial charge on any atom is 0.417 e. The van der Waals surface area contributed by atoms with Gasteiger partial charge in [-0.3, -0.25) is 4.79 Å². The molecule has 2 aromatic heterocycles. The number of para-hydroxylation sites is 1. The van der Waals surface area contributed by atoms with Crippen LogP contribution in [0, 0.1) is 6.92 Å². The Morgan fingerprint density at radius 2 is 1.76 bits per heavy atom. The number of methoxy groups -OCH3 is 1. The highest BCUT2D eigenvalue weighted by Crippen LogP contribution is 2.29. The lowest BCUT2D eigenvalue weighted by Gasteiger charge is -2.10. The van der Waals surface area contributed by atoms with Crippen LogP contribution in [-0.4, -0.2) is 46.3 Å². The highest BCUT2D eigenvalue weighted by atomic mass is 19.4. The molecular formula is C21H17F3N4O5. The fourth-order valence-corrected chi connectivity index (χ4v) is 2.80. The Morgan fingerprint density at radius 3 is 2.39 bits per heavy atom. The molecule has 3 aromatic rings. The number of hydrogen-bond donors (Lipinski definition) is 1. The van der Waals surface area contributed by atoms with E-state index in [2.05, 4.69) is 20.1 Å². The summed E-state index contributed by atoms with van der Waals surface area (Å²) in [6, 6.07) is 8.09. The third kappa shape index (κ3) is 5.34. The maximum absolute atomic E-state index is 12.7. The number of aromatic nitrogens is 3. The third-order valence-corrected chi connectivity index (χ3v) is 4.46. The normalized spacial score (nSPS) is 11.1. The molecule has 0 aliphatic rings. The first kappa shape index (κ1) is 23.4. The Morgan fingerprint density at radius 1 is 1.03 bits per heavy atom. The zero-order valence-electron chi connectivity index (χ0n) is 17.3. The SMILES string of the molecule is COC(=O)c1ccccc1NC(=O)COC(=O)c1cnn(-c2ccc(C(F)(F)F)cn2)c1C. The molecule has 0 bridgehead atoms. The second-order valence-corrected chi connectivity index (χ2v) is 6.62. The number of amides is 1. The lowest BCUT2D eigenvalue weighted by Crippen LogP contribution is -2.22. The summed E-state index contributed by atoms with van der Waals surface area (Å²) in [5.41, 5.74) is -0.359. The highest BCUT2D eigenvalue weighted by Gasteiger charge is 2.31. The van der Waals surface area contributed by atoms with Crippen LogP contribution >= 0.6 is 0 Å². The molecule has 12 heteroatoms. The molecule has 0 aliphatic carbocycles.